The number of hydrogen-bond acceptors (Lipinski definition) is 4. The maximum atomic E-state index is 5.66. The molecular formula is C17H25IN4OS. The molecule has 0 atom stereocenters. The highest BCUT2D eigenvalue weighted by atomic mass is 127. The topological polar surface area (TPSA) is 58.5 Å². The Hall–Kier alpha value is -1.35. The van der Waals surface area contributed by atoms with Gasteiger partial charge in [-0.2, -0.15) is 0 Å². The summed E-state index contributed by atoms with van der Waals surface area (Å²) in [5.41, 5.74) is 1.16. The summed E-state index contributed by atoms with van der Waals surface area (Å²) < 4.78 is 5.66. The molecule has 1 heterocycles. The standard InChI is InChI=1S/C17H24N4OS.HI/c1-4-8-22-15-7-5-6-14(9-15)11-20-17(18-3)21-12-16-19-10-13(2)23-16;/h5-7,9-10H,4,8,11-12H2,1-3H3,(H2,18,20,21);1H. The number of nitrogens with zero attached hydrogens (tertiary/aromatic N) is 2. The van der Waals surface area contributed by atoms with E-state index in [-0.39, 0.29) is 24.0 Å². The molecule has 2 N–H and O–H groups in total. The predicted octanol–water partition coefficient (Wildman–Crippen LogP) is 3.72. The van der Waals surface area contributed by atoms with Gasteiger partial charge in [-0.05, 0) is 31.0 Å². The molecule has 1 aromatic carbocycles. The largest absolute Gasteiger partial charge is 0.494 e. The smallest absolute Gasteiger partial charge is 0.191 e. The number of aryl methyl sites for hydroxylation is 1. The molecule has 132 valence electrons. The maximum absolute atomic E-state index is 5.66. The monoisotopic (exact) mass is 460 g/mol. The maximum Gasteiger partial charge on any atom is 0.191 e. The number of hydrogen-bond donors (Lipinski definition) is 2. The molecule has 2 rings (SSSR count). The molecule has 0 saturated heterocycles. The van der Waals surface area contributed by atoms with Gasteiger partial charge in [0.2, 0.25) is 0 Å². The Morgan fingerprint density at radius 3 is 2.75 bits per heavy atom. The van der Waals surface area contributed by atoms with Crippen LogP contribution in [0.2, 0.25) is 0 Å². The second-order valence-corrected chi connectivity index (χ2v) is 6.46. The third-order valence-electron chi connectivity index (χ3n) is 3.13. The average molecular weight is 460 g/mol. The fraction of sp³-hybridized carbons (Fsp3) is 0.412. The van der Waals surface area contributed by atoms with E-state index in [4.69, 9.17) is 4.74 Å². The quantitative estimate of drug-likeness (QED) is 0.376. The van der Waals surface area contributed by atoms with Gasteiger partial charge in [-0.3, -0.25) is 4.99 Å². The Balaban J connectivity index is 0.00000288. The summed E-state index contributed by atoms with van der Waals surface area (Å²) in [5, 5.41) is 7.64. The minimum Gasteiger partial charge on any atom is -0.494 e. The number of aliphatic imine (C=N–C) groups is 1. The zero-order chi connectivity index (χ0) is 16.5. The highest BCUT2D eigenvalue weighted by Gasteiger charge is 2.02. The van der Waals surface area contributed by atoms with Gasteiger partial charge >= 0.3 is 0 Å². The van der Waals surface area contributed by atoms with E-state index in [1.54, 1.807) is 18.4 Å². The Bertz CT molecular complexity index is 645. The number of ether oxygens (including phenoxy) is 1. The normalized spacial score (nSPS) is 10.9. The third kappa shape index (κ3) is 7.04. The Kier molecular flexibility index (Phi) is 9.70. The number of guanidine groups is 1. The van der Waals surface area contributed by atoms with Gasteiger partial charge in [0, 0.05) is 24.7 Å². The predicted molar refractivity (Wildman–Crippen MR) is 112 cm³/mol. The van der Waals surface area contributed by atoms with Crippen LogP contribution in [0.25, 0.3) is 0 Å². The summed E-state index contributed by atoms with van der Waals surface area (Å²) >= 11 is 1.69. The van der Waals surface area contributed by atoms with Crippen molar-refractivity contribution in [2.75, 3.05) is 13.7 Å². The van der Waals surface area contributed by atoms with Crippen molar-refractivity contribution in [1.82, 2.24) is 15.6 Å². The molecule has 7 heteroatoms. The highest BCUT2D eigenvalue weighted by Crippen LogP contribution is 2.13. The molecule has 1 aromatic heterocycles. The first-order valence-electron chi connectivity index (χ1n) is 7.79. The molecular weight excluding hydrogens is 435 g/mol. The minimum absolute atomic E-state index is 0. The van der Waals surface area contributed by atoms with Crippen molar-refractivity contribution in [1.29, 1.82) is 0 Å². The molecule has 0 unspecified atom stereocenters. The molecule has 0 saturated carbocycles. The molecule has 0 aliphatic rings. The van der Waals surface area contributed by atoms with Crippen molar-refractivity contribution in [2.45, 2.75) is 33.4 Å². The van der Waals surface area contributed by atoms with E-state index >= 15 is 0 Å². The number of aromatic nitrogens is 1. The fourth-order valence-electron chi connectivity index (χ4n) is 2.01. The summed E-state index contributed by atoms with van der Waals surface area (Å²) in [6.07, 6.45) is 2.90. The molecule has 0 radical (unpaired) electrons. The summed E-state index contributed by atoms with van der Waals surface area (Å²) in [7, 11) is 1.77. The Labute approximate surface area is 165 Å². The summed E-state index contributed by atoms with van der Waals surface area (Å²) in [6, 6.07) is 8.12. The van der Waals surface area contributed by atoms with Gasteiger partial charge in [-0.1, -0.05) is 19.1 Å². The van der Waals surface area contributed by atoms with Crippen LogP contribution in [-0.4, -0.2) is 24.6 Å². The minimum atomic E-state index is 0. The van der Waals surface area contributed by atoms with Gasteiger partial charge in [0.05, 0.1) is 13.2 Å². The van der Waals surface area contributed by atoms with Crippen LogP contribution in [0, 0.1) is 6.92 Å². The van der Waals surface area contributed by atoms with Crippen molar-refractivity contribution in [2.24, 2.45) is 4.99 Å². The van der Waals surface area contributed by atoms with E-state index in [2.05, 4.69) is 46.6 Å². The van der Waals surface area contributed by atoms with Crippen LogP contribution < -0.4 is 15.4 Å². The van der Waals surface area contributed by atoms with Gasteiger partial charge in [0.15, 0.2) is 5.96 Å². The molecule has 0 bridgehead atoms. The van der Waals surface area contributed by atoms with Crippen LogP contribution in [0.15, 0.2) is 35.5 Å². The number of benzene rings is 1. The van der Waals surface area contributed by atoms with Crippen LogP contribution >= 0.6 is 35.3 Å². The lowest BCUT2D eigenvalue weighted by molar-refractivity contribution is 0.317. The van der Waals surface area contributed by atoms with Gasteiger partial charge < -0.3 is 15.4 Å². The lowest BCUT2D eigenvalue weighted by Crippen LogP contribution is -2.36. The number of nitrogens with one attached hydrogen (secondary N) is 2. The number of halogens is 1. The molecule has 24 heavy (non-hydrogen) atoms. The van der Waals surface area contributed by atoms with E-state index in [1.165, 1.54) is 4.88 Å². The fourth-order valence-corrected chi connectivity index (χ4v) is 2.74. The molecule has 0 fully saturated rings. The average Bonchev–Trinajstić information content (AvgIpc) is 2.99. The summed E-state index contributed by atoms with van der Waals surface area (Å²) in [6.45, 7) is 6.28. The van der Waals surface area contributed by atoms with Gasteiger partial charge in [-0.15, -0.1) is 35.3 Å². The molecule has 2 aromatic rings. The zero-order valence-electron chi connectivity index (χ0n) is 14.3. The van der Waals surface area contributed by atoms with Crippen LogP contribution in [0.1, 0.15) is 28.8 Å². The van der Waals surface area contributed by atoms with Crippen LogP contribution in [-0.2, 0) is 13.1 Å². The molecule has 0 aliphatic heterocycles. The lowest BCUT2D eigenvalue weighted by atomic mass is 10.2. The molecule has 0 spiro atoms. The van der Waals surface area contributed by atoms with E-state index in [1.807, 2.05) is 18.3 Å². The van der Waals surface area contributed by atoms with Crippen LogP contribution in [0.3, 0.4) is 0 Å². The lowest BCUT2D eigenvalue weighted by Gasteiger charge is -2.12. The second kappa shape index (κ2) is 11.2. The van der Waals surface area contributed by atoms with E-state index in [0.29, 0.717) is 13.1 Å². The van der Waals surface area contributed by atoms with Crippen molar-refractivity contribution >= 4 is 41.3 Å². The third-order valence-corrected chi connectivity index (χ3v) is 4.04. The van der Waals surface area contributed by atoms with Crippen molar-refractivity contribution in [3.63, 3.8) is 0 Å². The first-order chi connectivity index (χ1) is 11.2. The van der Waals surface area contributed by atoms with Gasteiger partial charge in [0.1, 0.15) is 10.8 Å². The van der Waals surface area contributed by atoms with Gasteiger partial charge in [0.25, 0.3) is 0 Å². The summed E-state index contributed by atoms with van der Waals surface area (Å²) in [4.78, 5) is 9.79. The van der Waals surface area contributed by atoms with E-state index < -0.39 is 0 Å². The van der Waals surface area contributed by atoms with Crippen molar-refractivity contribution in [3.05, 3.63) is 45.9 Å². The zero-order valence-corrected chi connectivity index (χ0v) is 17.5. The van der Waals surface area contributed by atoms with Gasteiger partial charge in [-0.25, -0.2) is 4.98 Å². The summed E-state index contributed by atoms with van der Waals surface area (Å²) in [5.74, 6) is 1.67. The van der Waals surface area contributed by atoms with Crippen LogP contribution in [0.5, 0.6) is 5.75 Å². The van der Waals surface area contributed by atoms with E-state index in [0.717, 1.165) is 35.3 Å². The molecule has 0 amide bonds. The number of rotatable bonds is 7. The van der Waals surface area contributed by atoms with Crippen LogP contribution in [0.4, 0.5) is 0 Å². The molecule has 0 aliphatic carbocycles. The number of thiazole rings is 1. The molecule has 5 nitrogen and oxygen atoms in total. The Morgan fingerprint density at radius 1 is 1.29 bits per heavy atom. The first-order valence-corrected chi connectivity index (χ1v) is 8.60. The Morgan fingerprint density at radius 2 is 2.08 bits per heavy atom. The second-order valence-electron chi connectivity index (χ2n) is 5.14. The van der Waals surface area contributed by atoms with Crippen molar-refractivity contribution < 1.29 is 4.74 Å². The SMILES string of the molecule is CCCOc1cccc(CNC(=NC)NCc2ncc(C)s2)c1.I. The van der Waals surface area contributed by atoms with Crippen molar-refractivity contribution in [3.8, 4) is 5.75 Å². The highest BCUT2D eigenvalue weighted by molar-refractivity contribution is 14.0. The first kappa shape index (κ1) is 20.7. The van der Waals surface area contributed by atoms with E-state index in [9.17, 15) is 0 Å².